The maximum atomic E-state index is 13.4. The molecule has 0 unspecified atom stereocenters. The fourth-order valence-electron chi connectivity index (χ4n) is 4.32. The Balaban J connectivity index is 2.01. The summed E-state index contributed by atoms with van der Waals surface area (Å²) in [6, 6.07) is 15.3. The standard InChI is InChI=1S/C26H31NO6/c1-26(2,3)33-22(28)15-20-21(17-11-13-19(31-4)14-12-17)16-27(23(20)25(30)32-5)24(29)18-9-7-6-8-10-18/h6-14,20-21,23H,15-16H2,1-5H3/t20-,21+,23-/m0/s1. The summed E-state index contributed by atoms with van der Waals surface area (Å²) in [5.74, 6) is -1.33. The number of rotatable bonds is 6. The zero-order chi connectivity index (χ0) is 24.2. The summed E-state index contributed by atoms with van der Waals surface area (Å²) in [5.41, 5.74) is 0.713. The highest BCUT2D eigenvalue weighted by molar-refractivity contribution is 5.97. The quantitative estimate of drug-likeness (QED) is 0.619. The fourth-order valence-corrected chi connectivity index (χ4v) is 4.32. The van der Waals surface area contributed by atoms with E-state index in [0.29, 0.717) is 11.3 Å². The predicted octanol–water partition coefficient (Wildman–Crippen LogP) is 3.82. The highest BCUT2D eigenvalue weighted by Gasteiger charge is 2.50. The summed E-state index contributed by atoms with van der Waals surface area (Å²) in [5, 5.41) is 0. The summed E-state index contributed by atoms with van der Waals surface area (Å²) in [6.07, 6.45) is -0.0215. The molecule has 33 heavy (non-hydrogen) atoms. The molecule has 0 bridgehead atoms. The summed E-state index contributed by atoms with van der Waals surface area (Å²) >= 11 is 0. The number of hydrogen-bond donors (Lipinski definition) is 0. The van der Waals surface area contributed by atoms with Gasteiger partial charge < -0.3 is 19.1 Å². The van der Waals surface area contributed by atoms with Crippen LogP contribution < -0.4 is 4.74 Å². The Morgan fingerprint density at radius 1 is 0.970 bits per heavy atom. The molecule has 1 aliphatic rings. The van der Waals surface area contributed by atoms with Crippen LogP contribution in [-0.4, -0.2) is 55.2 Å². The second kappa shape index (κ2) is 10.1. The Hall–Kier alpha value is -3.35. The normalized spacial score (nSPS) is 20.3. The van der Waals surface area contributed by atoms with E-state index >= 15 is 0 Å². The van der Waals surface area contributed by atoms with Crippen LogP contribution in [0.4, 0.5) is 0 Å². The lowest BCUT2D eigenvalue weighted by Crippen LogP contribution is -2.44. The number of nitrogens with zero attached hydrogens (tertiary/aromatic N) is 1. The number of benzene rings is 2. The van der Waals surface area contributed by atoms with Crippen LogP contribution in [0.2, 0.25) is 0 Å². The maximum absolute atomic E-state index is 13.4. The Morgan fingerprint density at radius 3 is 2.15 bits per heavy atom. The van der Waals surface area contributed by atoms with Crippen LogP contribution in [0.25, 0.3) is 0 Å². The molecular weight excluding hydrogens is 422 g/mol. The number of methoxy groups -OCH3 is 2. The van der Waals surface area contributed by atoms with Crippen molar-refractivity contribution in [1.82, 2.24) is 4.90 Å². The smallest absolute Gasteiger partial charge is 0.328 e. The lowest BCUT2D eigenvalue weighted by Gasteiger charge is -2.27. The number of hydrogen-bond acceptors (Lipinski definition) is 6. The number of carbonyl (C=O) groups excluding carboxylic acids is 3. The summed E-state index contributed by atoms with van der Waals surface area (Å²) < 4.78 is 15.9. The van der Waals surface area contributed by atoms with E-state index in [1.165, 1.54) is 12.0 Å². The van der Waals surface area contributed by atoms with E-state index in [9.17, 15) is 14.4 Å². The predicted molar refractivity (Wildman–Crippen MR) is 123 cm³/mol. The van der Waals surface area contributed by atoms with Gasteiger partial charge in [-0.05, 0) is 50.6 Å². The minimum Gasteiger partial charge on any atom is -0.497 e. The van der Waals surface area contributed by atoms with Crippen molar-refractivity contribution in [3.63, 3.8) is 0 Å². The third kappa shape index (κ3) is 5.72. The van der Waals surface area contributed by atoms with Crippen molar-refractivity contribution >= 4 is 17.8 Å². The van der Waals surface area contributed by atoms with E-state index < -0.39 is 29.5 Å². The highest BCUT2D eigenvalue weighted by atomic mass is 16.6. The molecule has 3 rings (SSSR count). The zero-order valence-corrected chi connectivity index (χ0v) is 19.7. The Labute approximate surface area is 194 Å². The third-order valence-electron chi connectivity index (χ3n) is 5.74. The lowest BCUT2D eigenvalue weighted by atomic mass is 9.83. The van der Waals surface area contributed by atoms with E-state index in [1.54, 1.807) is 52.1 Å². The summed E-state index contributed by atoms with van der Waals surface area (Å²) in [6.45, 7) is 5.66. The van der Waals surface area contributed by atoms with Crippen LogP contribution in [0.15, 0.2) is 54.6 Å². The number of carbonyl (C=O) groups is 3. The maximum Gasteiger partial charge on any atom is 0.328 e. The van der Waals surface area contributed by atoms with Gasteiger partial charge in [0.05, 0.1) is 20.6 Å². The molecule has 0 aromatic heterocycles. The molecule has 1 aliphatic heterocycles. The van der Waals surface area contributed by atoms with Gasteiger partial charge in [0, 0.05) is 23.9 Å². The number of amides is 1. The van der Waals surface area contributed by atoms with Gasteiger partial charge >= 0.3 is 11.9 Å². The molecule has 1 saturated heterocycles. The Morgan fingerprint density at radius 2 is 1.61 bits per heavy atom. The molecule has 176 valence electrons. The van der Waals surface area contributed by atoms with Crippen molar-refractivity contribution in [2.24, 2.45) is 5.92 Å². The van der Waals surface area contributed by atoms with Crippen molar-refractivity contribution < 1.29 is 28.6 Å². The van der Waals surface area contributed by atoms with E-state index in [0.717, 1.165) is 5.56 Å². The largest absolute Gasteiger partial charge is 0.497 e. The van der Waals surface area contributed by atoms with Gasteiger partial charge in [-0.25, -0.2) is 4.79 Å². The van der Waals surface area contributed by atoms with Crippen LogP contribution in [0.5, 0.6) is 5.75 Å². The molecule has 2 aromatic rings. The number of esters is 2. The zero-order valence-electron chi connectivity index (χ0n) is 19.7. The van der Waals surface area contributed by atoms with Crippen LogP contribution >= 0.6 is 0 Å². The van der Waals surface area contributed by atoms with Gasteiger partial charge in [0.15, 0.2) is 0 Å². The van der Waals surface area contributed by atoms with E-state index in [2.05, 4.69) is 0 Å². The number of likely N-dealkylation sites (tertiary alicyclic amines) is 1. The molecule has 0 aliphatic carbocycles. The van der Waals surface area contributed by atoms with E-state index in [-0.39, 0.29) is 24.8 Å². The molecule has 0 saturated carbocycles. The summed E-state index contributed by atoms with van der Waals surface area (Å²) in [4.78, 5) is 40.6. The molecule has 0 N–H and O–H groups in total. The van der Waals surface area contributed by atoms with Gasteiger partial charge in [-0.3, -0.25) is 9.59 Å². The molecule has 1 heterocycles. The van der Waals surface area contributed by atoms with Crippen molar-refractivity contribution in [3.8, 4) is 5.75 Å². The molecule has 7 heteroatoms. The first-order chi connectivity index (χ1) is 15.6. The van der Waals surface area contributed by atoms with Gasteiger partial charge in [-0.2, -0.15) is 0 Å². The van der Waals surface area contributed by atoms with Crippen LogP contribution in [-0.2, 0) is 19.1 Å². The topological polar surface area (TPSA) is 82.1 Å². The second-order valence-corrected chi connectivity index (χ2v) is 9.13. The highest BCUT2D eigenvalue weighted by Crippen LogP contribution is 2.41. The summed E-state index contributed by atoms with van der Waals surface area (Å²) in [7, 11) is 2.88. The first-order valence-corrected chi connectivity index (χ1v) is 10.9. The molecule has 0 spiro atoms. The van der Waals surface area contributed by atoms with Gasteiger partial charge in [0.25, 0.3) is 5.91 Å². The van der Waals surface area contributed by atoms with Gasteiger partial charge in [-0.15, -0.1) is 0 Å². The molecule has 1 fully saturated rings. The van der Waals surface area contributed by atoms with E-state index in [4.69, 9.17) is 14.2 Å². The van der Waals surface area contributed by atoms with Crippen LogP contribution in [0, 0.1) is 5.92 Å². The molecular formula is C26H31NO6. The average molecular weight is 454 g/mol. The van der Waals surface area contributed by atoms with Crippen molar-refractivity contribution in [1.29, 1.82) is 0 Å². The third-order valence-corrected chi connectivity index (χ3v) is 5.74. The molecule has 1 amide bonds. The first-order valence-electron chi connectivity index (χ1n) is 10.9. The number of ether oxygens (including phenoxy) is 3. The molecule has 2 aromatic carbocycles. The van der Waals surface area contributed by atoms with Gasteiger partial charge in [-0.1, -0.05) is 30.3 Å². The van der Waals surface area contributed by atoms with Crippen molar-refractivity contribution in [3.05, 3.63) is 65.7 Å². The van der Waals surface area contributed by atoms with E-state index in [1.807, 2.05) is 30.3 Å². The fraction of sp³-hybridized carbons (Fsp3) is 0.423. The minimum absolute atomic E-state index is 0.0215. The lowest BCUT2D eigenvalue weighted by molar-refractivity contribution is -0.157. The Bertz CT molecular complexity index is 980. The molecule has 7 nitrogen and oxygen atoms in total. The second-order valence-electron chi connectivity index (χ2n) is 9.13. The molecule has 0 radical (unpaired) electrons. The monoisotopic (exact) mass is 453 g/mol. The van der Waals surface area contributed by atoms with Crippen molar-refractivity contribution in [2.75, 3.05) is 20.8 Å². The molecule has 3 atom stereocenters. The minimum atomic E-state index is -0.915. The Kier molecular flexibility index (Phi) is 7.41. The van der Waals surface area contributed by atoms with Crippen LogP contribution in [0.1, 0.15) is 49.0 Å². The van der Waals surface area contributed by atoms with Crippen LogP contribution in [0.3, 0.4) is 0 Å². The average Bonchev–Trinajstić information content (AvgIpc) is 3.16. The SMILES string of the molecule is COC(=O)[C@@H]1[C@@H](CC(=O)OC(C)(C)C)[C@@H](c2ccc(OC)cc2)CN1C(=O)c1ccccc1. The van der Waals surface area contributed by atoms with Crippen molar-refractivity contribution in [2.45, 2.75) is 44.8 Å². The van der Waals surface area contributed by atoms with Gasteiger partial charge in [0.2, 0.25) is 0 Å². The van der Waals surface area contributed by atoms with Gasteiger partial charge in [0.1, 0.15) is 17.4 Å². The first kappa shape index (κ1) is 24.3.